The molecule has 3 aromatic rings. The van der Waals surface area contributed by atoms with Gasteiger partial charge in [-0.05, 0) is 66.8 Å². The van der Waals surface area contributed by atoms with Crippen LogP contribution in [0, 0.1) is 0 Å². The maximum absolute atomic E-state index is 12.2. The number of aromatic carboxylic acids is 1. The van der Waals surface area contributed by atoms with Gasteiger partial charge in [-0.2, -0.15) is 0 Å². The van der Waals surface area contributed by atoms with Crippen molar-refractivity contribution in [1.82, 2.24) is 0 Å². The lowest BCUT2D eigenvalue weighted by Crippen LogP contribution is -2.19. The zero-order valence-corrected chi connectivity index (χ0v) is 17.4. The Morgan fingerprint density at radius 1 is 0.800 bits per heavy atom. The fourth-order valence-electron chi connectivity index (χ4n) is 2.52. The van der Waals surface area contributed by atoms with Crippen LogP contribution in [0.2, 0.25) is 0 Å². The predicted octanol–water partition coefficient (Wildman–Crippen LogP) is 4.92. The number of thioether (sulfide) groups is 1. The van der Waals surface area contributed by atoms with Crippen LogP contribution in [0.1, 0.15) is 10.4 Å². The standard InChI is InChI=1S/C22H19N3O3S2/c26-20(23-17-11-9-15(10-12-17)21(27)28)14-30-19-8-4-7-18(13-19)25-22(29)24-16-5-2-1-3-6-16/h1-13H,14H2,(H,23,26)(H,27,28)(H2,24,25,29). The second-order valence-electron chi connectivity index (χ2n) is 6.19. The molecule has 0 saturated heterocycles. The van der Waals surface area contributed by atoms with Crippen LogP contribution in [0.4, 0.5) is 17.1 Å². The summed E-state index contributed by atoms with van der Waals surface area (Å²) in [4.78, 5) is 24.0. The predicted molar refractivity (Wildman–Crippen MR) is 125 cm³/mol. The van der Waals surface area contributed by atoms with E-state index in [-0.39, 0.29) is 17.2 Å². The minimum absolute atomic E-state index is 0.173. The van der Waals surface area contributed by atoms with Gasteiger partial charge in [0.2, 0.25) is 5.91 Å². The van der Waals surface area contributed by atoms with Gasteiger partial charge in [0.25, 0.3) is 0 Å². The lowest BCUT2D eigenvalue weighted by Gasteiger charge is -2.11. The van der Waals surface area contributed by atoms with Gasteiger partial charge < -0.3 is 21.1 Å². The Labute approximate surface area is 183 Å². The summed E-state index contributed by atoms with van der Waals surface area (Å²) in [7, 11) is 0. The van der Waals surface area contributed by atoms with E-state index in [0.717, 1.165) is 16.3 Å². The number of benzene rings is 3. The average molecular weight is 438 g/mol. The van der Waals surface area contributed by atoms with Crippen molar-refractivity contribution in [3.8, 4) is 0 Å². The van der Waals surface area contributed by atoms with E-state index < -0.39 is 5.97 Å². The number of para-hydroxylation sites is 1. The molecular weight excluding hydrogens is 418 g/mol. The summed E-state index contributed by atoms with van der Waals surface area (Å²) in [5, 5.41) is 18.4. The van der Waals surface area contributed by atoms with Crippen molar-refractivity contribution in [2.45, 2.75) is 4.90 Å². The van der Waals surface area contributed by atoms with Gasteiger partial charge in [-0.25, -0.2) is 4.79 Å². The quantitative estimate of drug-likeness (QED) is 0.308. The van der Waals surface area contributed by atoms with E-state index in [2.05, 4.69) is 16.0 Å². The van der Waals surface area contributed by atoms with Gasteiger partial charge in [0, 0.05) is 22.0 Å². The largest absolute Gasteiger partial charge is 0.478 e. The molecule has 0 heterocycles. The second kappa shape index (κ2) is 10.4. The molecule has 3 rings (SSSR count). The van der Waals surface area contributed by atoms with E-state index >= 15 is 0 Å². The van der Waals surface area contributed by atoms with Crippen molar-refractivity contribution in [2.24, 2.45) is 0 Å². The second-order valence-corrected chi connectivity index (χ2v) is 7.65. The van der Waals surface area contributed by atoms with Gasteiger partial charge in [-0.1, -0.05) is 24.3 Å². The molecule has 0 aliphatic heterocycles. The van der Waals surface area contributed by atoms with Crippen molar-refractivity contribution in [1.29, 1.82) is 0 Å². The zero-order valence-electron chi connectivity index (χ0n) is 15.8. The SMILES string of the molecule is O=C(CSc1cccc(NC(=S)Nc2ccccc2)c1)Nc1ccc(C(=O)O)cc1. The number of carboxylic acids is 1. The van der Waals surface area contributed by atoms with Gasteiger partial charge >= 0.3 is 5.97 Å². The number of hydrogen-bond donors (Lipinski definition) is 4. The normalized spacial score (nSPS) is 10.1. The molecule has 0 bridgehead atoms. The summed E-state index contributed by atoms with van der Waals surface area (Å²) in [5.74, 6) is -0.963. The van der Waals surface area contributed by atoms with Crippen LogP contribution in [-0.2, 0) is 4.79 Å². The topological polar surface area (TPSA) is 90.5 Å². The number of anilines is 3. The van der Waals surface area contributed by atoms with Crippen molar-refractivity contribution in [3.63, 3.8) is 0 Å². The van der Waals surface area contributed by atoms with E-state index in [1.165, 1.54) is 23.9 Å². The van der Waals surface area contributed by atoms with Crippen LogP contribution in [-0.4, -0.2) is 27.8 Å². The fraction of sp³-hybridized carbons (Fsp3) is 0.0455. The van der Waals surface area contributed by atoms with Crippen molar-refractivity contribution in [2.75, 3.05) is 21.7 Å². The number of hydrogen-bond acceptors (Lipinski definition) is 4. The van der Waals surface area contributed by atoms with Crippen LogP contribution in [0.15, 0.2) is 83.8 Å². The molecule has 1 amide bonds. The minimum atomic E-state index is -1.00. The summed E-state index contributed by atoms with van der Waals surface area (Å²) in [6, 6.07) is 23.3. The Morgan fingerprint density at radius 3 is 2.13 bits per heavy atom. The van der Waals surface area contributed by atoms with Gasteiger partial charge in [0.1, 0.15) is 0 Å². The van der Waals surface area contributed by atoms with E-state index in [1.807, 2.05) is 54.6 Å². The first-order chi connectivity index (χ1) is 14.5. The summed E-state index contributed by atoms with van der Waals surface area (Å²) in [5.41, 5.74) is 2.44. The Hall–Kier alpha value is -3.36. The highest BCUT2D eigenvalue weighted by Crippen LogP contribution is 2.22. The third-order valence-corrected chi connectivity index (χ3v) is 5.11. The van der Waals surface area contributed by atoms with Crippen LogP contribution in [0.3, 0.4) is 0 Å². The van der Waals surface area contributed by atoms with Crippen LogP contribution in [0.5, 0.6) is 0 Å². The monoisotopic (exact) mass is 437 g/mol. The fourth-order valence-corrected chi connectivity index (χ4v) is 3.51. The summed E-state index contributed by atoms with van der Waals surface area (Å²) >= 11 is 6.73. The molecule has 152 valence electrons. The molecule has 0 radical (unpaired) electrons. The maximum atomic E-state index is 12.2. The van der Waals surface area contributed by atoms with Crippen LogP contribution in [0.25, 0.3) is 0 Å². The first-order valence-electron chi connectivity index (χ1n) is 8.99. The number of carboxylic acid groups (broad SMARTS) is 1. The van der Waals surface area contributed by atoms with Crippen molar-refractivity contribution < 1.29 is 14.7 Å². The first kappa shape index (κ1) is 21.4. The number of thiocarbonyl (C=S) groups is 1. The zero-order chi connectivity index (χ0) is 21.3. The lowest BCUT2D eigenvalue weighted by atomic mass is 10.2. The van der Waals surface area contributed by atoms with Gasteiger partial charge in [-0.15, -0.1) is 11.8 Å². The number of carbonyl (C=O) groups excluding carboxylic acids is 1. The Kier molecular flexibility index (Phi) is 7.42. The lowest BCUT2D eigenvalue weighted by molar-refractivity contribution is -0.113. The highest BCUT2D eigenvalue weighted by Gasteiger charge is 2.07. The van der Waals surface area contributed by atoms with Gasteiger partial charge in [0.05, 0.1) is 11.3 Å². The van der Waals surface area contributed by atoms with E-state index in [4.69, 9.17) is 17.3 Å². The van der Waals surface area contributed by atoms with Crippen LogP contribution < -0.4 is 16.0 Å². The Morgan fingerprint density at radius 2 is 1.43 bits per heavy atom. The molecule has 0 atom stereocenters. The molecule has 0 spiro atoms. The Bertz CT molecular complexity index is 1040. The molecule has 8 heteroatoms. The number of nitrogens with one attached hydrogen (secondary N) is 3. The number of carbonyl (C=O) groups is 2. The first-order valence-corrected chi connectivity index (χ1v) is 10.4. The molecule has 0 saturated carbocycles. The molecule has 30 heavy (non-hydrogen) atoms. The minimum Gasteiger partial charge on any atom is -0.478 e. The molecule has 6 nitrogen and oxygen atoms in total. The highest BCUT2D eigenvalue weighted by molar-refractivity contribution is 8.00. The van der Waals surface area contributed by atoms with Crippen LogP contribution >= 0.6 is 24.0 Å². The third-order valence-electron chi connectivity index (χ3n) is 3.91. The summed E-state index contributed by atoms with van der Waals surface area (Å²) in [6.45, 7) is 0. The smallest absolute Gasteiger partial charge is 0.335 e. The van der Waals surface area contributed by atoms with E-state index in [0.29, 0.717) is 10.8 Å². The molecule has 4 N–H and O–H groups in total. The molecule has 0 aliphatic rings. The Balaban J connectivity index is 1.50. The number of rotatable bonds is 7. The molecule has 0 aromatic heterocycles. The van der Waals surface area contributed by atoms with Crippen molar-refractivity contribution in [3.05, 3.63) is 84.4 Å². The average Bonchev–Trinajstić information content (AvgIpc) is 2.73. The van der Waals surface area contributed by atoms with E-state index in [9.17, 15) is 9.59 Å². The number of amides is 1. The molecule has 0 aliphatic carbocycles. The highest BCUT2D eigenvalue weighted by atomic mass is 32.2. The van der Waals surface area contributed by atoms with Gasteiger partial charge in [-0.3, -0.25) is 4.79 Å². The van der Waals surface area contributed by atoms with Crippen molar-refractivity contribution >= 4 is 58.0 Å². The molecule has 3 aromatic carbocycles. The molecular formula is C22H19N3O3S2. The van der Waals surface area contributed by atoms with E-state index in [1.54, 1.807) is 12.1 Å². The molecule has 0 unspecified atom stereocenters. The summed E-state index contributed by atoms with van der Waals surface area (Å²) < 4.78 is 0. The van der Waals surface area contributed by atoms with Gasteiger partial charge in [0.15, 0.2) is 5.11 Å². The third kappa shape index (κ3) is 6.61. The molecule has 0 fully saturated rings. The maximum Gasteiger partial charge on any atom is 0.335 e. The summed E-state index contributed by atoms with van der Waals surface area (Å²) in [6.07, 6.45) is 0.